The van der Waals surface area contributed by atoms with Crippen LogP contribution in [0.15, 0.2) is 12.4 Å². The highest BCUT2D eigenvalue weighted by molar-refractivity contribution is 7.59. The van der Waals surface area contributed by atoms with Gasteiger partial charge in [0.15, 0.2) is 10.6 Å². The van der Waals surface area contributed by atoms with Gasteiger partial charge in [-0.15, -0.1) is 0 Å². The molecule has 11 nitrogen and oxygen atoms in total. The van der Waals surface area contributed by atoms with Crippen LogP contribution in [0.2, 0.25) is 0 Å². The zero-order chi connectivity index (χ0) is 27.0. The van der Waals surface area contributed by atoms with Gasteiger partial charge < -0.3 is 30.5 Å². The summed E-state index contributed by atoms with van der Waals surface area (Å²) in [5.74, 6) is 1.36. The van der Waals surface area contributed by atoms with E-state index in [0.717, 1.165) is 59.6 Å². The monoisotopic (exact) mass is 582 g/mol. The first-order valence-electron chi connectivity index (χ1n) is 14.0. The highest BCUT2D eigenvalue weighted by Crippen LogP contribution is 2.30. The second-order valence-corrected chi connectivity index (χ2v) is 9.87. The fourth-order valence-electron chi connectivity index (χ4n) is 4.13. The number of rotatable bonds is 10. The summed E-state index contributed by atoms with van der Waals surface area (Å²) in [5, 5.41) is 24.2. The van der Waals surface area contributed by atoms with Crippen molar-refractivity contribution in [1.82, 2.24) is 30.0 Å². The molecule has 0 radical (unpaired) electrons. The van der Waals surface area contributed by atoms with E-state index >= 15 is 0 Å². The smallest absolute Gasteiger partial charge is 0.230 e. The lowest BCUT2D eigenvalue weighted by molar-refractivity contribution is 0.0854. The average Bonchev–Trinajstić information content (AvgIpc) is 3.61. The molecule has 4 heterocycles. The van der Waals surface area contributed by atoms with Gasteiger partial charge in [0.05, 0.1) is 56.5 Å². The molecule has 2 aliphatic rings. The van der Waals surface area contributed by atoms with Crippen molar-refractivity contribution >= 4 is 52.6 Å². The minimum absolute atomic E-state index is 0. The number of aliphatic hydroxyl groups excluding tert-OH is 1. The summed E-state index contributed by atoms with van der Waals surface area (Å²) in [7, 11) is 0. The Bertz CT molecular complexity index is 1040. The molecule has 1 aliphatic heterocycles. The van der Waals surface area contributed by atoms with Crippen molar-refractivity contribution in [1.29, 1.82) is 0 Å². The molecule has 3 aromatic rings. The predicted octanol–water partition coefficient (Wildman–Crippen LogP) is 4.09. The number of anilines is 3. The number of aliphatic hydroxyl groups is 1. The number of fused-ring (bicyclic) bond motifs is 1. The minimum atomic E-state index is 0. The van der Waals surface area contributed by atoms with Gasteiger partial charge in [-0.2, -0.15) is 28.6 Å². The van der Waals surface area contributed by atoms with Crippen LogP contribution in [-0.4, -0.2) is 82.0 Å². The predicted molar refractivity (Wildman–Crippen MR) is 164 cm³/mol. The number of aryl methyl sites for hydroxylation is 1. The van der Waals surface area contributed by atoms with Crippen molar-refractivity contribution in [2.45, 2.75) is 71.9 Å². The first-order valence-corrected chi connectivity index (χ1v) is 14.8. The van der Waals surface area contributed by atoms with Crippen LogP contribution in [0.3, 0.4) is 0 Å². The number of thiazole rings is 1. The number of aromatic nitrogens is 5. The number of morpholine rings is 1. The lowest BCUT2D eigenvalue weighted by Crippen LogP contribution is -2.30. The molecular formula is C26H46N8O3S2. The summed E-state index contributed by atoms with van der Waals surface area (Å²) >= 11 is 1.62. The number of nitrogens with zero attached hydrogens (tertiary/aromatic N) is 5. The second-order valence-electron chi connectivity index (χ2n) is 8.81. The van der Waals surface area contributed by atoms with E-state index in [1.807, 2.05) is 20.0 Å². The maximum absolute atomic E-state index is 8.77. The van der Waals surface area contributed by atoms with Gasteiger partial charge in [0.25, 0.3) is 0 Å². The third-order valence-electron chi connectivity index (χ3n) is 5.99. The normalized spacial score (nSPS) is 15.4. The van der Waals surface area contributed by atoms with E-state index in [1.54, 1.807) is 22.2 Å². The van der Waals surface area contributed by atoms with Crippen molar-refractivity contribution in [3.63, 3.8) is 0 Å². The Morgan fingerprint density at radius 3 is 2.54 bits per heavy atom. The molecule has 1 aliphatic carbocycles. The first-order chi connectivity index (χ1) is 18.7. The number of nitrogens with one attached hydrogen (secondary N) is 3. The van der Waals surface area contributed by atoms with E-state index in [9.17, 15) is 0 Å². The average molecular weight is 583 g/mol. The summed E-state index contributed by atoms with van der Waals surface area (Å²) in [6, 6.07) is 0.443. The van der Waals surface area contributed by atoms with Gasteiger partial charge >= 0.3 is 0 Å². The van der Waals surface area contributed by atoms with E-state index in [0.29, 0.717) is 31.7 Å². The molecule has 13 heteroatoms. The molecule has 0 bridgehead atoms. The van der Waals surface area contributed by atoms with Crippen molar-refractivity contribution in [2.24, 2.45) is 0 Å². The largest absolute Gasteiger partial charge is 0.394 e. The summed E-state index contributed by atoms with van der Waals surface area (Å²) < 4.78 is 12.1. The standard InChI is InChI=1S/C20H29N7O2S.C4H9NO.C2H6.H2S/c1-2-16-24-17-18(22-14-6-4-3-5-7-14)25-20(26-19(17)30-16)23-15-12-21-27(13-15)8-10-29-11-9-28;1-3-6-4-2-5-1;1-2;/h12-14,28H,2-11H2,1H3,(H2,22,23,25,26);5H,1-4H2;1-2H3;1H2. The quantitative estimate of drug-likeness (QED) is 0.259. The van der Waals surface area contributed by atoms with Gasteiger partial charge in [0.1, 0.15) is 5.52 Å². The molecule has 0 atom stereocenters. The molecule has 3 aromatic heterocycles. The van der Waals surface area contributed by atoms with Crippen LogP contribution in [0, 0.1) is 0 Å². The van der Waals surface area contributed by atoms with Gasteiger partial charge in [0, 0.05) is 25.3 Å². The summed E-state index contributed by atoms with van der Waals surface area (Å²) in [4.78, 5) is 15.1. The van der Waals surface area contributed by atoms with Crippen molar-refractivity contribution in [3.05, 3.63) is 17.4 Å². The maximum atomic E-state index is 8.77. The molecule has 39 heavy (non-hydrogen) atoms. The van der Waals surface area contributed by atoms with E-state index in [4.69, 9.17) is 29.5 Å². The lowest BCUT2D eigenvalue weighted by atomic mass is 9.95. The Kier molecular flexibility index (Phi) is 16.3. The summed E-state index contributed by atoms with van der Waals surface area (Å²) in [6.07, 6.45) is 10.7. The van der Waals surface area contributed by atoms with Crippen molar-refractivity contribution in [3.8, 4) is 0 Å². The van der Waals surface area contributed by atoms with Gasteiger partial charge in [-0.3, -0.25) is 4.68 Å². The molecule has 1 saturated carbocycles. The highest BCUT2D eigenvalue weighted by atomic mass is 32.1. The zero-order valence-corrected chi connectivity index (χ0v) is 25.4. The molecule has 0 amide bonds. The number of hydrogen-bond donors (Lipinski definition) is 4. The van der Waals surface area contributed by atoms with Crippen LogP contribution in [0.5, 0.6) is 0 Å². The van der Waals surface area contributed by atoms with Crippen LogP contribution in [0.4, 0.5) is 17.5 Å². The molecule has 5 rings (SSSR count). The Hall–Kier alpha value is -2.03. The fourth-order valence-corrected chi connectivity index (χ4v) is 5.01. The van der Waals surface area contributed by atoms with Crippen LogP contribution < -0.4 is 16.0 Å². The van der Waals surface area contributed by atoms with E-state index in [-0.39, 0.29) is 20.1 Å². The SMILES string of the molecule is C1COCCN1.CC.CCc1nc2c(NC3CCCCC3)nc(Nc3cnn(CCOCCO)c3)nc2s1.S. The van der Waals surface area contributed by atoms with Crippen LogP contribution >= 0.6 is 24.8 Å². The number of hydrogen-bond acceptors (Lipinski definition) is 11. The van der Waals surface area contributed by atoms with Crippen molar-refractivity contribution in [2.75, 3.05) is 56.8 Å². The van der Waals surface area contributed by atoms with Gasteiger partial charge in [-0.1, -0.05) is 51.4 Å². The summed E-state index contributed by atoms with van der Waals surface area (Å²) in [6.45, 7) is 11.4. The van der Waals surface area contributed by atoms with Crippen LogP contribution in [0.1, 0.15) is 57.9 Å². The lowest BCUT2D eigenvalue weighted by Gasteiger charge is -2.23. The molecule has 0 spiro atoms. The molecule has 0 unspecified atom stereocenters. The zero-order valence-electron chi connectivity index (χ0n) is 23.5. The molecule has 4 N–H and O–H groups in total. The molecular weight excluding hydrogens is 536 g/mol. The topological polar surface area (TPSA) is 131 Å². The Labute approximate surface area is 243 Å². The Morgan fingerprint density at radius 1 is 1.13 bits per heavy atom. The molecule has 0 aromatic carbocycles. The third-order valence-corrected chi connectivity index (χ3v) is 7.08. The molecule has 2 fully saturated rings. The highest BCUT2D eigenvalue weighted by Gasteiger charge is 2.19. The van der Waals surface area contributed by atoms with E-state index < -0.39 is 0 Å². The minimum Gasteiger partial charge on any atom is -0.394 e. The third kappa shape index (κ3) is 11.2. The van der Waals surface area contributed by atoms with Crippen LogP contribution in [-0.2, 0) is 22.4 Å². The number of ether oxygens (including phenoxy) is 2. The Balaban J connectivity index is 0.000000517. The molecule has 220 valence electrons. The Morgan fingerprint density at radius 2 is 1.90 bits per heavy atom. The van der Waals surface area contributed by atoms with Crippen molar-refractivity contribution < 1.29 is 14.6 Å². The summed E-state index contributed by atoms with van der Waals surface area (Å²) in [5.41, 5.74) is 1.69. The maximum Gasteiger partial charge on any atom is 0.230 e. The fraction of sp³-hybridized carbons (Fsp3) is 0.692. The van der Waals surface area contributed by atoms with E-state index in [2.05, 4.69) is 28.0 Å². The van der Waals surface area contributed by atoms with Gasteiger partial charge in [-0.25, -0.2) is 4.98 Å². The van der Waals surface area contributed by atoms with E-state index in [1.165, 1.54) is 32.1 Å². The van der Waals surface area contributed by atoms with Gasteiger partial charge in [-0.05, 0) is 19.3 Å². The van der Waals surface area contributed by atoms with Crippen LogP contribution in [0.25, 0.3) is 10.3 Å². The first kappa shape index (κ1) is 33.2. The van der Waals surface area contributed by atoms with Gasteiger partial charge in [0.2, 0.25) is 5.95 Å². The molecule has 1 saturated heterocycles. The second kappa shape index (κ2) is 19.1.